The molecule has 0 unspecified atom stereocenters. The molecule has 0 fully saturated rings. The molecule has 98 valence electrons. The molecule has 8 heteroatoms. The third kappa shape index (κ3) is 3.35. The number of hydrogen-bond donors (Lipinski definition) is 1. The molecule has 1 amide bonds. The maximum atomic E-state index is 12.9. The van der Waals surface area contributed by atoms with Crippen LogP contribution in [0.4, 0.5) is 15.9 Å². The molecule has 0 aliphatic rings. The Balaban J connectivity index is 1.99. The van der Waals surface area contributed by atoms with Crippen molar-refractivity contribution in [3.05, 3.63) is 52.7 Å². The van der Waals surface area contributed by atoms with E-state index in [2.05, 4.69) is 10.3 Å². The smallest absolute Gasteiger partial charge is 0.358 e. The zero-order chi connectivity index (χ0) is 13.8. The molecule has 19 heavy (non-hydrogen) atoms. The Morgan fingerprint density at radius 1 is 1.53 bits per heavy atom. The zero-order valence-corrected chi connectivity index (χ0v) is 9.62. The monoisotopic (exact) mass is 264 g/mol. The Bertz CT molecular complexity index is 626. The summed E-state index contributed by atoms with van der Waals surface area (Å²) >= 11 is 0. The molecule has 0 saturated heterocycles. The fraction of sp³-hybridized carbons (Fsp3) is 0.0909. The fourth-order valence-corrected chi connectivity index (χ4v) is 1.46. The lowest BCUT2D eigenvalue weighted by molar-refractivity contribution is -0.389. The number of aromatic nitrogens is 2. The van der Waals surface area contributed by atoms with Gasteiger partial charge in [-0.3, -0.25) is 4.79 Å². The van der Waals surface area contributed by atoms with Crippen molar-refractivity contribution in [3.8, 4) is 0 Å². The first-order chi connectivity index (χ1) is 9.04. The van der Waals surface area contributed by atoms with Crippen LogP contribution in [0, 0.1) is 15.9 Å². The molecule has 7 nitrogen and oxygen atoms in total. The van der Waals surface area contributed by atoms with Crippen molar-refractivity contribution < 1.29 is 14.1 Å². The van der Waals surface area contributed by atoms with Crippen LogP contribution in [0.15, 0.2) is 36.8 Å². The average Bonchev–Trinajstić information content (AvgIpc) is 2.77. The van der Waals surface area contributed by atoms with Gasteiger partial charge < -0.3 is 20.0 Å². The van der Waals surface area contributed by atoms with E-state index in [1.165, 1.54) is 35.2 Å². The first-order valence-corrected chi connectivity index (χ1v) is 5.26. The quantitative estimate of drug-likeness (QED) is 0.670. The van der Waals surface area contributed by atoms with E-state index in [1.807, 2.05) is 0 Å². The number of halogens is 1. The predicted octanol–water partition coefficient (Wildman–Crippen LogP) is 1.57. The summed E-state index contributed by atoms with van der Waals surface area (Å²) in [4.78, 5) is 24.9. The summed E-state index contributed by atoms with van der Waals surface area (Å²) in [5, 5.41) is 12.9. The van der Waals surface area contributed by atoms with Gasteiger partial charge in [0.05, 0.1) is 0 Å². The summed E-state index contributed by atoms with van der Waals surface area (Å²) in [6.45, 7) is -0.142. The van der Waals surface area contributed by atoms with Gasteiger partial charge in [0.2, 0.25) is 12.2 Å². The van der Waals surface area contributed by atoms with Gasteiger partial charge in [0.25, 0.3) is 0 Å². The number of nitro groups is 1. The Morgan fingerprint density at radius 3 is 2.95 bits per heavy atom. The largest absolute Gasteiger partial charge is 0.381 e. The number of hydrogen-bond acceptors (Lipinski definition) is 4. The maximum absolute atomic E-state index is 12.9. The van der Waals surface area contributed by atoms with Crippen molar-refractivity contribution in [1.82, 2.24) is 9.55 Å². The van der Waals surface area contributed by atoms with Gasteiger partial charge in [-0.25, -0.2) is 4.39 Å². The number of nitrogens with zero attached hydrogens (tertiary/aromatic N) is 3. The lowest BCUT2D eigenvalue weighted by Crippen LogP contribution is -2.17. The van der Waals surface area contributed by atoms with Crippen molar-refractivity contribution in [1.29, 1.82) is 0 Å². The van der Waals surface area contributed by atoms with Gasteiger partial charge in [0.1, 0.15) is 18.6 Å². The van der Waals surface area contributed by atoms with Crippen LogP contribution < -0.4 is 5.32 Å². The topological polar surface area (TPSA) is 90.1 Å². The van der Waals surface area contributed by atoms with Crippen LogP contribution in [-0.2, 0) is 11.3 Å². The Hall–Kier alpha value is -2.77. The Morgan fingerprint density at radius 2 is 2.32 bits per heavy atom. The van der Waals surface area contributed by atoms with Gasteiger partial charge in [-0.15, -0.1) is 0 Å². The van der Waals surface area contributed by atoms with Crippen LogP contribution in [0.25, 0.3) is 0 Å². The van der Waals surface area contributed by atoms with Crippen LogP contribution in [-0.4, -0.2) is 20.4 Å². The number of rotatable bonds is 4. The highest BCUT2D eigenvalue weighted by atomic mass is 19.1. The minimum Gasteiger partial charge on any atom is -0.358 e. The van der Waals surface area contributed by atoms with Crippen molar-refractivity contribution in [2.45, 2.75) is 6.54 Å². The molecule has 0 aliphatic carbocycles. The van der Waals surface area contributed by atoms with Crippen molar-refractivity contribution >= 4 is 17.4 Å². The van der Waals surface area contributed by atoms with Crippen LogP contribution in [0.5, 0.6) is 0 Å². The highest BCUT2D eigenvalue weighted by Gasteiger charge is 2.12. The first kappa shape index (κ1) is 12.7. The second kappa shape index (κ2) is 5.25. The lowest BCUT2D eigenvalue weighted by Gasteiger charge is -2.04. The molecule has 1 heterocycles. The second-order valence-electron chi connectivity index (χ2n) is 3.72. The Labute approximate surface area is 106 Å². The minimum absolute atomic E-state index is 0.142. The number of carbonyl (C=O) groups excluding carboxylic acids is 1. The SMILES string of the molecule is O=C(Cn1cnc([N+](=O)[O-])c1)Nc1cccc(F)c1. The van der Waals surface area contributed by atoms with Gasteiger partial charge in [-0.1, -0.05) is 6.07 Å². The molecule has 1 N–H and O–H groups in total. The molecule has 0 aliphatic heterocycles. The van der Waals surface area contributed by atoms with Crippen molar-refractivity contribution in [2.24, 2.45) is 0 Å². The molecule has 1 aromatic heterocycles. The second-order valence-corrected chi connectivity index (χ2v) is 3.72. The number of amides is 1. The van der Waals surface area contributed by atoms with Crippen molar-refractivity contribution in [2.75, 3.05) is 5.32 Å². The predicted molar refractivity (Wildman–Crippen MR) is 63.9 cm³/mol. The Kier molecular flexibility index (Phi) is 3.51. The van der Waals surface area contributed by atoms with Crippen LogP contribution >= 0.6 is 0 Å². The maximum Gasteiger partial charge on any atom is 0.381 e. The molecule has 0 radical (unpaired) electrons. The molecule has 0 spiro atoms. The molecule has 0 atom stereocenters. The summed E-state index contributed by atoms with van der Waals surface area (Å²) in [5.74, 6) is -1.23. The summed E-state index contributed by atoms with van der Waals surface area (Å²) < 4.78 is 14.2. The van der Waals surface area contributed by atoms with Gasteiger partial charge in [0, 0.05) is 5.69 Å². The van der Waals surface area contributed by atoms with E-state index < -0.39 is 16.6 Å². The van der Waals surface area contributed by atoms with E-state index in [9.17, 15) is 19.3 Å². The molecule has 1 aromatic carbocycles. The summed E-state index contributed by atoms with van der Waals surface area (Å²) in [6.07, 6.45) is 2.33. The van der Waals surface area contributed by atoms with Gasteiger partial charge in [-0.05, 0) is 28.1 Å². The summed E-state index contributed by atoms with van der Waals surface area (Å²) in [6, 6.07) is 5.44. The van der Waals surface area contributed by atoms with Gasteiger partial charge in [0.15, 0.2) is 0 Å². The summed E-state index contributed by atoms with van der Waals surface area (Å²) in [7, 11) is 0. The van der Waals surface area contributed by atoms with Gasteiger partial charge >= 0.3 is 5.82 Å². The van der Waals surface area contributed by atoms with Crippen LogP contribution in [0.2, 0.25) is 0 Å². The molecule has 2 aromatic rings. The van der Waals surface area contributed by atoms with E-state index >= 15 is 0 Å². The number of imidazole rings is 1. The van der Waals surface area contributed by atoms with E-state index in [1.54, 1.807) is 0 Å². The number of nitrogens with one attached hydrogen (secondary N) is 1. The fourth-order valence-electron chi connectivity index (χ4n) is 1.46. The zero-order valence-electron chi connectivity index (χ0n) is 9.62. The molecular formula is C11H9FN4O3. The highest BCUT2D eigenvalue weighted by Crippen LogP contribution is 2.10. The number of benzene rings is 1. The highest BCUT2D eigenvalue weighted by molar-refractivity contribution is 5.90. The van der Waals surface area contributed by atoms with Crippen LogP contribution in [0.3, 0.4) is 0 Å². The number of carbonyl (C=O) groups is 1. The molecule has 0 bridgehead atoms. The lowest BCUT2D eigenvalue weighted by atomic mass is 10.3. The molecule has 0 saturated carbocycles. The third-order valence-corrected chi connectivity index (χ3v) is 2.24. The standard InChI is InChI=1S/C11H9FN4O3/c12-8-2-1-3-9(4-8)14-11(17)6-15-5-10(13-7-15)16(18)19/h1-5,7H,6H2,(H,14,17). The van der Waals surface area contributed by atoms with E-state index in [4.69, 9.17) is 0 Å². The summed E-state index contributed by atoms with van der Waals surface area (Å²) in [5.41, 5.74) is 0.319. The van der Waals surface area contributed by atoms with E-state index in [-0.39, 0.29) is 12.4 Å². The number of anilines is 1. The average molecular weight is 264 g/mol. The molecule has 2 rings (SSSR count). The van der Waals surface area contributed by atoms with Gasteiger partial charge in [-0.2, -0.15) is 0 Å². The first-order valence-electron chi connectivity index (χ1n) is 5.26. The normalized spacial score (nSPS) is 10.2. The van der Waals surface area contributed by atoms with E-state index in [0.717, 1.165) is 6.20 Å². The third-order valence-electron chi connectivity index (χ3n) is 2.24. The minimum atomic E-state index is -0.652. The molecular weight excluding hydrogens is 255 g/mol. The van der Waals surface area contributed by atoms with Crippen molar-refractivity contribution in [3.63, 3.8) is 0 Å². The van der Waals surface area contributed by atoms with Crippen LogP contribution in [0.1, 0.15) is 0 Å². The van der Waals surface area contributed by atoms with E-state index in [0.29, 0.717) is 5.69 Å².